The Kier molecular flexibility index (Phi) is 6.00. The number of nitrogens with zero attached hydrogens (tertiary/aromatic N) is 6. The average molecular weight is 492 g/mol. The number of benzene rings is 2. The van der Waals surface area contributed by atoms with Crippen molar-refractivity contribution >= 4 is 17.5 Å². The Morgan fingerprint density at radius 1 is 1.00 bits per heavy atom. The summed E-state index contributed by atoms with van der Waals surface area (Å²) in [6.45, 7) is 3.93. The van der Waals surface area contributed by atoms with Crippen LogP contribution in [0.15, 0.2) is 57.3 Å². The normalized spacial score (nSPS) is 18.8. The van der Waals surface area contributed by atoms with Gasteiger partial charge in [0.15, 0.2) is 23.6 Å². The lowest BCUT2D eigenvalue weighted by Crippen LogP contribution is -2.39. The molecule has 0 bridgehead atoms. The van der Waals surface area contributed by atoms with Gasteiger partial charge in [-0.2, -0.15) is 10.1 Å². The first-order valence-electron chi connectivity index (χ1n) is 11.3. The zero-order valence-electron chi connectivity index (χ0n) is 20.1. The van der Waals surface area contributed by atoms with Crippen LogP contribution in [0.5, 0.6) is 17.2 Å². The minimum absolute atomic E-state index is 0.0189. The van der Waals surface area contributed by atoms with Crippen LogP contribution in [0.2, 0.25) is 0 Å². The molecule has 0 aliphatic carbocycles. The Morgan fingerprint density at radius 2 is 1.75 bits per heavy atom. The van der Waals surface area contributed by atoms with Gasteiger partial charge in [0.1, 0.15) is 12.3 Å². The number of hydrogen-bond acceptors (Lipinski definition) is 11. The molecule has 2 aromatic carbocycles. The first-order valence-corrected chi connectivity index (χ1v) is 11.3. The van der Waals surface area contributed by atoms with E-state index in [2.05, 4.69) is 20.5 Å². The number of fused-ring (bicyclic) bond motifs is 1. The number of hydrogen-bond donors (Lipinski definition) is 0. The summed E-state index contributed by atoms with van der Waals surface area (Å²) in [5, 5.41) is 13.5. The number of aromatic nitrogens is 2. The third-order valence-corrected chi connectivity index (χ3v) is 5.73. The number of methoxy groups -OCH3 is 2. The van der Waals surface area contributed by atoms with Gasteiger partial charge in [-0.05, 0) is 50.2 Å². The van der Waals surface area contributed by atoms with E-state index in [1.807, 2.05) is 38.1 Å². The molecule has 36 heavy (non-hydrogen) atoms. The van der Waals surface area contributed by atoms with E-state index >= 15 is 0 Å². The van der Waals surface area contributed by atoms with E-state index in [0.717, 1.165) is 16.2 Å². The van der Waals surface area contributed by atoms with Crippen LogP contribution in [0.3, 0.4) is 0 Å². The molecular formula is C24H24N6O6. The zero-order chi connectivity index (χ0) is 25.4. The predicted octanol–water partition coefficient (Wildman–Crippen LogP) is 3.03. The molecule has 3 heterocycles. The third kappa shape index (κ3) is 4.10. The maximum absolute atomic E-state index is 13.3. The van der Waals surface area contributed by atoms with Gasteiger partial charge in [-0.25, -0.2) is 4.90 Å². The summed E-state index contributed by atoms with van der Waals surface area (Å²) in [5.41, 5.74) is 1.10. The van der Waals surface area contributed by atoms with Gasteiger partial charge in [0.25, 0.3) is 11.8 Å². The van der Waals surface area contributed by atoms with Gasteiger partial charge in [0.05, 0.1) is 26.0 Å². The Labute approximate surface area is 206 Å². The number of rotatable bonds is 8. The number of amides is 2. The molecule has 1 saturated heterocycles. The fraction of sp³-hybridized carbons (Fsp3) is 0.333. The summed E-state index contributed by atoms with van der Waals surface area (Å²) in [6.07, 6.45) is 0.0685. The monoisotopic (exact) mass is 492 g/mol. The molecule has 0 radical (unpaired) electrons. The quantitative estimate of drug-likeness (QED) is 0.435. The molecule has 3 aromatic rings. The summed E-state index contributed by atoms with van der Waals surface area (Å²) >= 11 is 0. The molecule has 0 N–H and O–H groups in total. The first kappa shape index (κ1) is 23.3. The van der Waals surface area contributed by atoms with Crippen LogP contribution in [0, 0.1) is 0 Å². The second-order valence-electron chi connectivity index (χ2n) is 8.45. The van der Waals surface area contributed by atoms with Crippen LogP contribution in [-0.4, -0.2) is 59.4 Å². The Balaban J connectivity index is 1.32. The van der Waals surface area contributed by atoms with E-state index < -0.39 is 23.9 Å². The van der Waals surface area contributed by atoms with E-state index in [-0.39, 0.29) is 18.5 Å². The maximum atomic E-state index is 13.3. The van der Waals surface area contributed by atoms with Gasteiger partial charge in [-0.3, -0.25) is 14.6 Å². The van der Waals surface area contributed by atoms with Gasteiger partial charge in [-0.1, -0.05) is 10.4 Å². The molecule has 0 saturated carbocycles. The highest BCUT2D eigenvalue weighted by molar-refractivity contribution is 6.25. The minimum atomic E-state index is -0.957. The second-order valence-corrected chi connectivity index (χ2v) is 8.45. The predicted molar refractivity (Wildman–Crippen MR) is 126 cm³/mol. The second kappa shape index (κ2) is 9.29. The van der Waals surface area contributed by atoms with Crippen LogP contribution in [0.4, 0.5) is 5.69 Å². The van der Waals surface area contributed by atoms with Crippen molar-refractivity contribution in [3.8, 4) is 28.6 Å². The Bertz CT molecular complexity index is 1320. The summed E-state index contributed by atoms with van der Waals surface area (Å²) < 4.78 is 21.6. The lowest BCUT2D eigenvalue weighted by Gasteiger charge is -2.20. The Hall–Kier alpha value is -4.48. The highest BCUT2D eigenvalue weighted by Crippen LogP contribution is 2.37. The van der Waals surface area contributed by atoms with E-state index in [1.54, 1.807) is 18.2 Å². The van der Waals surface area contributed by atoms with Crippen molar-refractivity contribution < 1.29 is 28.3 Å². The SMILES string of the molecule is COc1ccc(N2C(=O)[C@@H]3[C@@H](N=NN3Cc3nc(-c4ccc(OC(C)C)cc4)no3)C2=O)cc1OC. The smallest absolute Gasteiger partial charge is 0.263 e. The van der Waals surface area contributed by atoms with Crippen LogP contribution in [-0.2, 0) is 16.1 Å². The van der Waals surface area contributed by atoms with Crippen LogP contribution in [0.25, 0.3) is 11.4 Å². The third-order valence-electron chi connectivity index (χ3n) is 5.73. The Morgan fingerprint density at radius 3 is 2.44 bits per heavy atom. The molecule has 186 valence electrons. The molecule has 1 fully saturated rings. The highest BCUT2D eigenvalue weighted by atomic mass is 16.5. The van der Waals surface area contributed by atoms with Crippen LogP contribution >= 0.6 is 0 Å². The first-order chi connectivity index (χ1) is 17.4. The summed E-state index contributed by atoms with van der Waals surface area (Å²) in [4.78, 5) is 31.8. The molecule has 2 amide bonds. The van der Waals surface area contributed by atoms with Crippen molar-refractivity contribution in [1.82, 2.24) is 15.1 Å². The standard InChI is InChI=1S/C24H24N6O6/c1-13(2)35-16-8-5-14(6-9-16)22-25-19(36-27-22)12-29-21-20(26-28-29)23(31)30(24(21)32)15-7-10-17(33-3)18(11-15)34-4/h5-11,13,20-21H,12H2,1-4H3/t20-,21+/m1/s1. The van der Waals surface area contributed by atoms with Gasteiger partial charge >= 0.3 is 0 Å². The number of anilines is 1. The fourth-order valence-corrected chi connectivity index (χ4v) is 4.10. The number of carbonyl (C=O) groups excluding carboxylic acids is 2. The van der Waals surface area contributed by atoms with Gasteiger partial charge < -0.3 is 18.7 Å². The van der Waals surface area contributed by atoms with Crippen LogP contribution < -0.4 is 19.1 Å². The lowest BCUT2D eigenvalue weighted by atomic mass is 10.1. The molecule has 1 aromatic heterocycles. The maximum Gasteiger partial charge on any atom is 0.263 e. The summed E-state index contributed by atoms with van der Waals surface area (Å²) in [7, 11) is 2.98. The van der Waals surface area contributed by atoms with Crippen molar-refractivity contribution in [1.29, 1.82) is 0 Å². The van der Waals surface area contributed by atoms with E-state index in [4.69, 9.17) is 18.7 Å². The molecule has 0 unspecified atom stereocenters. The molecule has 12 nitrogen and oxygen atoms in total. The number of carbonyl (C=O) groups is 2. The molecule has 2 atom stereocenters. The van der Waals surface area contributed by atoms with E-state index in [1.165, 1.54) is 19.2 Å². The van der Waals surface area contributed by atoms with Crippen molar-refractivity contribution in [2.24, 2.45) is 10.3 Å². The van der Waals surface area contributed by atoms with Crippen molar-refractivity contribution in [3.05, 3.63) is 48.4 Å². The highest BCUT2D eigenvalue weighted by Gasteiger charge is 2.55. The molecule has 2 aliphatic heterocycles. The lowest BCUT2D eigenvalue weighted by molar-refractivity contribution is -0.123. The molecule has 2 aliphatic rings. The van der Waals surface area contributed by atoms with E-state index in [9.17, 15) is 9.59 Å². The minimum Gasteiger partial charge on any atom is -0.493 e. The number of ether oxygens (including phenoxy) is 3. The summed E-state index contributed by atoms with van der Waals surface area (Å²) in [6, 6.07) is 10.3. The van der Waals surface area contributed by atoms with Crippen molar-refractivity contribution in [2.75, 3.05) is 19.1 Å². The number of imide groups is 1. The molecule has 12 heteroatoms. The largest absolute Gasteiger partial charge is 0.493 e. The van der Waals surface area contributed by atoms with Crippen molar-refractivity contribution in [3.63, 3.8) is 0 Å². The molecule has 5 rings (SSSR count). The zero-order valence-corrected chi connectivity index (χ0v) is 20.1. The fourth-order valence-electron chi connectivity index (χ4n) is 4.10. The molecule has 0 spiro atoms. The summed E-state index contributed by atoms with van der Waals surface area (Å²) in [5.74, 6) is 1.31. The van der Waals surface area contributed by atoms with Crippen molar-refractivity contribution in [2.45, 2.75) is 38.6 Å². The van der Waals surface area contributed by atoms with E-state index in [0.29, 0.717) is 23.0 Å². The topological polar surface area (TPSA) is 132 Å². The molecular weight excluding hydrogens is 468 g/mol. The average Bonchev–Trinajstić information content (AvgIpc) is 3.57. The van der Waals surface area contributed by atoms with Gasteiger partial charge in [0, 0.05) is 11.6 Å². The van der Waals surface area contributed by atoms with Gasteiger partial charge in [0.2, 0.25) is 11.7 Å². The van der Waals surface area contributed by atoms with Gasteiger partial charge in [-0.15, -0.1) is 0 Å². The van der Waals surface area contributed by atoms with Crippen LogP contribution in [0.1, 0.15) is 19.7 Å².